The van der Waals surface area contributed by atoms with Crippen molar-refractivity contribution in [2.45, 2.75) is 30.9 Å². The molecule has 1 N–H and O–H groups in total. The van der Waals surface area contributed by atoms with Crippen LogP contribution in [-0.4, -0.2) is 16.3 Å². The third kappa shape index (κ3) is 3.05. The maximum Gasteiger partial charge on any atom is 0.418 e. The number of aromatic nitrogens is 1. The Hall–Kier alpha value is -4.58. The summed E-state index contributed by atoms with van der Waals surface area (Å²) in [5.41, 5.74) is -1.76. The highest BCUT2D eigenvalue weighted by molar-refractivity contribution is 6.21. The van der Waals surface area contributed by atoms with Gasteiger partial charge in [0.15, 0.2) is 5.78 Å². The Balaban J connectivity index is 1.80. The molecule has 6 rings (SSSR count). The second-order valence-corrected chi connectivity index (χ2v) is 9.10. The van der Waals surface area contributed by atoms with Gasteiger partial charge in [0, 0.05) is 41.3 Å². The van der Waals surface area contributed by atoms with Gasteiger partial charge in [-0.15, -0.1) is 0 Å². The molecular weight excluding hydrogens is 481 g/mol. The molecule has 0 radical (unpaired) electrons. The van der Waals surface area contributed by atoms with Gasteiger partial charge in [0.1, 0.15) is 17.3 Å². The molecule has 2 aliphatic heterocycles. The summed E-state index contributed by atoms with van der Waals surface area (Å²) in [4.78, 5) is 28.9. The summed E-state index contributed by atoms with van der Waals surface area (Å²) in [6.45, 7) is 0. The summed E-state index contributed by atoms with van der Waals surface area (Å²) < 4.78 is 44.3. The van der Waals surface area contributed by atoms with Gasteiger partial charge in [0.05, 0.1) is 16.8 Å². The van der Waals surface area contributed by atoms with Crippen molar-refractivity contribution in [1.29, 1.82) is 5.26 Å². The van der Waals surface area contributed by atoms with E-state index in [-0.39, 0.29) is 41.3 Å². The largest absolute Gasteiger partial charge is 0.418 e. The van der Waals surface area contributed by atoms with Crippen LogP contribution in [0.15, 0.2) is 89.9 Å². The van der Waals surface area contributed by atoms with Crippen molar-refractivity contribution in [3.63, 3.8) is 0 Å². The summed E-state index contributed by atoms with van der Waals surface area (Å²) in [6, 6.07) is 17.4. The van der Waals surface area contributed by atoms with Crippen molar-refractivity contribution in [3.05, 3.63) is 101 Å². The lowest BCUT2D eigenvalue weighted by Gasteiger charge is -2.45. The van der Waals surface area contributed by atoms with Crippen molar-refractivity contribution in [2.75, 3.05) is 10.2 Å². The lowest BCUT2D eigenvalue weighted by molar-refractivity contribution is -0.137. The minimum Gasteiger partial charge on any atom is -0.324 e. The Morgan fingerprint density at radius 1 is 0.946 bits per heavy atom. The van der Waals surface area contributed by atoms with Gasteiger partial charge in [-0.05, 0) is 43.2 Å². The number of anilines is 2. The Morgan fingerprint density at radius 2 is 1.65 bits per heavy atom. The minimum atomic E-state index is -4.70. The van der Waals surface area contributed by atoms with E-state index in [9.17, 15) is 28.0 Å². The first-order valence-corrected chi connectivity index (χ1v) is 11.7. The number of fused-ring (bicyclic) bond motifs is 3. The number of alkyl halides is 3. The van der Waals surface area contributed by atoms with E-state index in [0.717, 1.165) is 6.07 Å². The van der Waals surface area contributed by atoms with Gasteiger partial charge < -0.3 is 9.88 Å². The summed E-state index contributed by atoms with van der Waals surface area (Å²) >= 11 is 0. The molecule has 1 spiro atoms. The Labute approximate surface area is 209 Å². The molecule has 1 unspecified atom stereocenters. The highest BCUT2D eigenvalue weighted by Gasteiger charge is 2.60. The number of nitrogens with one attached hydrogen (secondary N) is 1. The van der Waals surface area contributed by atoms with E-state index >= 15 is 0 Å². The van der Waals surface area contributed by atoms with Crippen LogP contribution < -0.4 is 10.2 Å². The molecule has 0 saturated carbocycles. The maximum absolute atomic E-state index is 14.2. The standard InChI is InChI=1S/C28H19F3N4O2/c29-28(30,31)18-9-2-4-11-21(18)35-22-12-7-13-23(36)24(22)27(17-8-1-3-10-20(17)33-26(27)37)19(16-32)25(35)34-14-5-6-15-34/h1-6,8-11,14-15H,7,12-13H2,(H,33,37). The molecule has 1 aromatic heterocycles. The zero-order valence-corrected chi connectivity index (χ0v) is 19.3. The van der Waals surface area contributed by atoms with Crippen molar-refractivity contribution >= 4 is 28.9 Å². The molecule has 2 aromatic carbocycles. The lowest BCUT2D eigenvalue weighted by atomic mass is 9.63. The average Bonchev–Trinajstić information content (AvgIpc) is 3.51. The molecule has 3 heterocycles. The molecule has 1 amide bonds. The Morgan fingerprint density at radius 3 is 2.38 bits per heavy atom. The number of rotatable bonds is 2. The molecule has 9 heteroatoms. The van der Waals surface area contributed by atoms with Crippen molar-refractivity contribution in [1.82, 2.24) is 4.57 Å². The molecule has 37 heavy (non-hydrogen) atoms. The number of amides is 1. The van der Waals surface area contributed by atoms with Gasteiger partial charge in [-0.3, -0.25) is 14.5 Å². The topological polar surface area (TPSA) is 78.1 Å². The molecule has 0 saturated heterocycles. The van der Waals surface area contributed by atoms with Crippen LogP contribution in [0.1, 0.15) is 30.4 Å². The van der Waals surface area contributed by atoms with E-state index in [1.807, 2.05) is 0 Å². The van der Waals surface area contributed by atoms with Gasteiger partial charge in [-0.1, -0.05) is 30.3 Å². The molecule has 3 aliphatic rings. The number of hydrogen-bond donors (Lipinski definition) is 1. The molecule has 184 valence electrons. The zero-order valence-electron chi connectivity index (χ0n) is 19.3. The fourth-order valence-corrected chi connectivity index (χ4v) is 5.78. The Bertz CT molecular complexity index is 1580. The van der Waals surface area contributed by atoms with Crippen LogP contribution in [-0.2, 0) is 21.2 Å². The number of allylic oxidation sites excluding steroid dienone is 1. The third-order valence-corrected chi connectivity index (χ3v) is 7.17. The van der Waals surface area contributed by atoms with Crippen LogP contribution in [0.5, 0.6) is 0 Å². The molecule has 6 nitrogen and oxygen atoms in total. The Kier molecular flexibility index (Phi) is 4.92. The van der Waals surface area contributed by atoms with E-state index in [0.29, 0.717) is 23.4 Å². The van der Waals surface area contributed by atoms with Crippen LogP contribution in [0.3, 0.4) is 0 Å². The fourth-order valence-electron chi connectivity index (χ4n) is 5.78. The summed E-state index contributed by atoms with van der Waals surface area (Å²) in [7, 11) is 0. The van der Waals surface area contributed by atoms with E-state index in [2.05, 4.69) is 11.4 Å². The van der Waals surface area contributed by atoms with Crippen LogP contribution in [0.2, 0.25) is 0 Å². The van der Waals surface area contributed by atoms with E-state index in [1.54, 1.807) is 48.8 Å². The van der Waals surface area contributed by atoms with Gasteiger partial charge in [-0.25, -0.2) is 0 Å². The molecule has 1 aliphatic carbocycles. The quantitative estimate of drug-likeness (QED) is 0.496. The number of nitriles is 1. The first-order chi connectivity index (χ1) is 17.8. The monoisotopic (exact) mass is 500 g/mol. The highest BCUT2D eigenvalue weighted by atomic mass is 19.4. The van der Waals surface area contributed by atoms with Crippen LogP contribution >= 0.6 is 0 Å². The van der Waals surface area contributed by atoms with Crippen LogP contribution in [0.4, 0.5) is 24.5 Å². The first-order valence-electron chi connectivity index (χ1n) is 11.7. The molecule has 0 fully saturated rings. The zero-order chi connectivity index (χ0) is 25.9. The number of carbonyl (C=O) groups is 2. The predicted molar refractivity (Wildman–Crippen MR) is 130 cm³/mol. The van der Waals surface area contributed by atoms with Gasteiger partial charge in [-0.2, -0.15) is 18.4 Å². The van der Waals surface area contributed by atoms with E-state index in [1.165, 1.54) is 27.7 Å². The molecule has 3 aromatic rings. The molecule has 1 atom stereocenters. The minimum absolute atomic E-state index is 0.0608. The number of nitrogens with zero attached hydrogens (tertiary/aromatic N) is 3. The number of benzene rings is 2. The second kappa shape index (κ2) is 7.96. The number of para-hydroxylation sites is 2. The number of carbonyl (C=O) groups excluding carboxylic acids is 2. The summed E-state index contributed by atoms with van der Waals surface area (Å²) in [5, 5.41) is 13.4. The number of halogens is 3. The predicted octanol–water partition coefficient (Wildman–Crippen LogP) is 5.62. The van der Waals surface area contributed by atoms with Gasteiger partial charge in [0.2, 0.25) is 5.91 Å². The number of Topliss-reactive ketones (excluding diaryl/α,β-unsaturated/α-hetero) is 1. The van der Waals surface area contributed by atoms with Crippen molar-refractivity contribution in [2.24, 2.45) is 0 Å². The lowest BCUT2D eigenvalue weighted by Crippen LogP contribution is -2.49. The summed E-state index contributed by atoms with van der Waals surface area (Å²) in [6.07, 6.45) is -0.688. The number of ketones is 1. The second-order valence-electron chi connectivity index (χ2n) is 9.10. The third-order valence-electron chi connectivity index (χ3n) is 7.17. The smallest absolute Gasteiger partial charge is 0.324 e. The van der Waals surface area contributed by atoms with Crippen molar-refractivity contribution < 1.29 is 22.8 Å². The molecule has 0 bridgehead atoms. The first kappa shape index (κ1) is 22.9. The van der Waals surface area contributed by atoms with E-state index < -0.39 is 23.1 Å². The van der Waals surface area contributed by atoms with Gasteiger partial charge >= 0.3 is 6.18 Å². The molecular formula is C28H19F3N4O2. The van der Waals surface area contributed by atoms with Crippen LogP contribution in [0.25, 0.3) is 5.82 Å². The highest BCUT2D eigenvalue weighted by Crippen LogP contribution is 2.57. The van der Waals surface area contributed by atoms with Crippen LogP contribution in [0, 0.1) is 11.3 Å². The average molecular weight is 500 g/mol. The fraction of sp³-hybridized carbons (Fsp3) is 0.179. The van der Waals surface area contributed by atoms with Crippen molar-refractivity contribution in [3.8, 4) is 6.07 Å². The number of hydrogen-bond acceptors (Lipinski definition) is 4. The summed E-state index contributed by atoms with van der Waals surface area (Å²) in [5.74, 6) is -0.840. The normalized spacial score (nSPS) is 21.2. The van der Waals surface area contributed by atoms with E-state index in [4.69, 9.17) is 0 Å². The van der Waals surface area contributed by atoms with Gasteiger partial charge in [0.25, 0.3) is 0 Å². The maximum atomic E-state index is 14.2. The SMILES string of the molecule is N#CC1=C(n2cccc2)N(c2ccccc2C(F)(F)F)C2=C(C(=O)CCC2)C12C(=O)Nc1ccccc12.